The molecule has 0 aliphatic heterocycles. The first-order chi connectivity index (χ1) is 9.00. The smallest absolute Gasteiger partial charge is 0.170 e. The van der Waals surface area contributed by atoms with E-state index in [1.54, 1.807) is 0 Å². The molecule has 0 radical (unpaired) electrons. The molecule has 0 aliphatic rings. The second-order valence-corrected chi connectivity index (χ2v) is 4.32. The lowest BCUT2D eigenvalue weighted by Gasteiger charge is -2.05. The van der Waals surface area contributed by atoms with Gasteiger partial charge in [-0.25, -0.2) is 13.2 Å². The van der Waals surface area contributed by atoms with E-state index < -0.39 is 28.8 Å². The fraction of sp³-hybridized carbons (Fsp3) is 0.0714. The Labute approximate surface area is 112 Å². The summed E-state index contributed by atoms with van der Waals surface area (Å²) in [5.41, 5.74) is -0.361. The van der Waals surface area contributed by atoms with Crippen molar-refractivity contribution in [1.82, 2.24) is 0 Å². The molecule has 2 aromatic rings. The number of halogens is 4. The fourth-order valence-electron chi connectivity index (χ4n) is 1.67. The molecule has 0 amide bonds. The van der Waals surface area contributed by atoms with Crippen LogP contribution in [0.3, 0.4) is 0 Å². The van der Waals surface area contributed by atoms with Gasteiger partial charge in [-0.3, -0.25) is 4.79 Å². The third-order valence-electron chi connectivity index (χ3n) is 2.63. The maximum absolute atomic E-state index is 13.6. The number of rotatable bonds is 3. The van der Waals surface area contributed by atoms with Crippen LogP contribution in [0.1, 0.15) is 15.9 Å². The molecule has 0 saturated heterocycles. The average molecular weight is 285 g/mol. The van der Waals surface area contributed by atoms with Crippen molar-refractivity contribution >= 4 is 17.4 Å². The number of hydrogen-bond donors (Lipinski definition) is 0. The van der Waals surface area contributed by atoms with Gasteiger partial charge in [0, 0.05) is 6.42 Å². The van der Waals surface area contributed by atoms with E-state index in [1.807, 2.05) is 0 Å². The maximum Gasteiger partial charge on any atom is 0.170 e. The largest absolute Gasteiger partial charge is 0.294 e. The topological polar surface area (TPSA) is 17.1 Å². The van der Waals surface area contributed by atoms with Gasteiger partial charge in [0.1, 0.15) is 5.82 Å². The highest BCUT2D eigenvalue weighted by Gasteiger charge is 2.17. The molecule has 0 fully saturated rings. The molecular formula is C14H8ClF3O. The van der Waals surface area contributed by atoms with Crippen LogP contribution in [0.25, 0.3) is 0 Å². The van der Waals surface area contributed by atoms with Crippen LogP contribution in [0.5, 0.6) is 0 Å². The standard InChI is InChI=1S/C14H8ClF3O/c15-10-5-1-3-8(13(10)17)7-12(19)9-4-2-6-11(16)14(9)18/h1-6H,7H2. The van der Waals surface area contributed by atoms with Crippen molar-refractivity contribution in [2.45, 2.75) is 6.42 Å². The molecule has 2 aromatic carbocycles. The predicted molar refractivity (Wildman–Crippen MR) is 65.8 cm³/mol. The average Bonchev–Trinajstić information content (AvgIpc) is 2.38. The van der Waals surface area contributed by atoms with Crippen LogP contribution in [0.4, 0.5) is 13.2 Å². The van der Waals surface area contributed by atoms with E-state index in [1.165, 1.54) is 24.3 Å². The SMILES string of the molecule is O=C(Cc1cccc(Cl)c1F)c1cccc(F)c1F. The molecule has 0 atom stereocenters. The Balaban J connectivity index is 2.31. The molecule has 0 unspecified atom stereocenters. The van der Waals surface area contributed by atoms with Crippen LogP contribution in [0.2, 0.25) is 5.02 Å². The molecule has 98 valence electrons. The molecular weight excluding hydrogens is 277 g/mol. The Bertz CT molecular complexity index is 641. The number of hydrogen-bond acceptors (Lipinski definition) is 1. The normalized spacial score (nSPS) is 10.5. The van der Waals surface area contributed by atoms with Gasteiger partial charge in [-0.1, -0.05) is 29.8 Å². The summed E-state index contributed by atoms with van der Waals surface area (Å²) in [6, 6.07) is 7.48. The number of Topliss-reactive ketones (excluding diaryl/α,β-unsaturated/α-hetero) is 1. The van der Waals surface area contributed by atoms with Crippen molar-refractivity contribution in [1.29, 1.82) is 0 Å². The third-order valence-corrected chi connectivity index (χ3v) is 2.93. The van der Waals surface area contributed by atoms with Crippen molar-refractivity contribution in [3.05, 3.63) is 70.0 Å². The maximum atomic E-state index is 13.6. The number of benzene rings is 2. The Morgan fingerprint density at radius 1 is 1.00 bits per heavy atom. The summed E-state index contributed by atoms with van der Waals surface area (Å²) in [4.78, 5) is 11.8. The summed E-state index contributed by atoms with van der Waals surface area (Å²) in [5.74, 6) is -3.78. The zero-order valence-electron chi connectivity index (χ0n) is 9.59. The Morgan fingerprint density at radius 3 is 2.42 bits per heavy atom. The van der Waals surface area contributed by atoms with Gasteiger partial charge in [-0.15, -0.1) is 0 Å². The molecule has 0 spiro atoms. The summed E-state index contributed by atoms with van der Waals surface area (Å²) in [6.45, 7) is 0. The lowest BCUT2D eigenvalue weighted by atomic mass is 10.0. The van der Waals surface area contributed by atoms with Crippen LogP contribution in [-0.4, -0.2) is 5.78 Å². The molecule has 0 heterocycles. The molecule has 0 aromatic heterocycles. The number of carbonyl (C=O) groups excluding carboxylic acids is 1. The first kappa shape index (κ1) is 13.6. The van der Waals surface area contributed by atoms with Gasteiger partial charge >= 0.3 is 0 Å². The van der Waals surface area contributed by atoms with Crippen molar-refractivity contribution in [3.63, 3.8) is 0 Å². The van der Waals surface area contributed by atoms with Crippen molar-refractivity contribution in [2.24, 2.45) is 0 Å². The molecule has 0 aliphatic carbocycles. The van der Waals surface area contributed by atoms with Gasteiger partial charge in [-0.05, 0) is 23.8 Å². The molecule has 19 heavy (non-hydrogen) atoms. The first-order valence-corrected chi connectivity index (χ1v) is 5.78. The number of ketones is 1. The van der Waals surface area contributed by atoms with Gasteiger partial charge in [0.2, 0.25) is 0 Å². The zero-order chi connectivity index (χ0) is 14.0. The minimum atomic E-state index is -1.23. The summed E-state index contributed by atoms with van der Waals surface area (Å²) in [7, 11) is 0. The Kier molecular flexibility index (Phi) is 3.90. The van der Waals surface area contributed by atoms with Crippen LogP contribution < -0.4 is 0 Å². The minimum absolute atomic E-state index is 0.0427. The van der Waals surface area contributed by atoms with Crippen LogP contribution >= 0.6 is 11.6 Å². The van der Waals surface area contributed by atoms with Crippen LogP contribution in [0, 0.1) is 17.5 Å². The van der Waals surface area contributed by atoms with Gasteiger partial charge in [0.25, 0.3) is 0 Å². The zero-order valence-corrected chi connectivity index (χ0v) is 10.3. The molecule has 0 saturated carbocycles. The summed E-state index contributed by atoms with van der Waals surface area (Å²) < 4.78 is 40.0. The van der Waals surface area contributed by atoms with Gasteiger partial charge in [0.05, 0.1) is 10.6 Å². The predicted octanol–water partition coefficient (Wildman–Crippen LogP) is 4.18. The minimum Gasteiger partial charge on any atom is -0.294 e. The van der Waals surface area contributed by atoms with E-state index in [0.29, 0.717) is 0 Å². The van der Waals surface area contributed by atoms with E-state index in [-0.39, 0.29) is 17.0 Å². The highest BCUT2D eigenvalue weighted by molar-refractivity contribution is 6.30. The monoisotopic (exact) mass is 284 g/mol. The summed E-state index contributed by atoms with van der Waals surface area (Å²) in [5, 5.41) is -0.120. The Morgan fingerprint density at radius 2 is 1.68 bits per heavy atom. The lowest BCUT2D eigenvalue weighted by Crippen LogP contribution is -2.08. The van der Waals surface area contributed by atoms with Crippen LogP contribution in [-0.2, 0) is 6.42 Å². The summed E-state index contributed by atoms with van der Waals surface area (Å²) >= 11 is 5.58. The van der Waals surface area contributed by atoms with Crippen molar-refractivity contribution in [2.75, 3.05) is 0 Å². The van der Waals surface area contributed by atoms with E-state index in [4.69, 9.17) is 11.6 Å². The van der Waals surface area contributed by atoms with E-state index in [0.717, 1.165) is 12.1 Å². The fourth-order valence-corrected chi connectivity index (χ4v) is 1.87. The lowest BCUT2D eigenvalue weighted by molar-refractivity contribution is 0.0987. The molecule has 0 N–H and O–H groups in total. The Hall–Kier alpha value is -1.81. The quantitative estimate of drug-likeness (QED) is 0.773. The van der Waals surface area contributed by atoms with Crippen molar-refractivity contribution in [3.8, 4) is 0 Å². The molecule has 2 rings (SSSR count). The van der Waals surface area contributed by atoms with E-state index in [9.17, 15) is 18.0 Å². The van der Waals surface area contributed by atoms with E-state index >= 15 is 0 Å². The second kappa shape index (κ2) is 5.45. The molecule has 1 nitrogen and oxygen atoms in total. The molecule has 5 heteroatoms. The van der Waals surface area contributed by atoms with Gasteiger partial charge in [-0.2, -0.15) is 0 Å². The second-order valence-electron chi connectivity index (χ2n) is 3.91. The highest BCUT2D eigenvalue weighted by atomic mass is 35.5. The number of carbonyl (C=O) groups is 1. The van der Waals surface area contributed by atoms with Gasteiger partial charge < -0.3 is 0 Å². The summed E-state index contributed by atoms with van der Waals surface area (Å²) in [6.07, 6.45) is -0.382. The van der Waals surface area contributed by atoms with Crippen LogP contribution in [0.15, 0.2) is 36.4 Å². The third kappa shape index (κ3) is 2.79. The van der Waals surface area contributed by atoms with Gasteiger partial charge in [0.15, 0.2) is 17.4 Å². The highest BCUT2D eigenvalue weighted by Crippen LogP contribution is 2.20. The first-order valence-electron chi connectivity index (χ1n) is 5.41. The van der Waals surface area contributed by atoms with E-state index in [2.05, 4.69) is 0 Å². The molecule has 0 bridgehead atoms. The van der Waals surface area contributed by atoms with Crippen molar-refractivity contribution < 1.29 is 18.0 Å².